The fourth-order valence-electron chi connectivity index (χ4n) is 3.71. The number of halogens is 4. The molecule has 0 bridgehead atoms. The molecule has 1 aliphatic heterocycles. The number of aromatic nitrogens is 4. The first kappa shape index (κ1) is 19.3. The lowest BCUT2D eigenvalue weighted by molar-refractivity contribution is -0.0221. The van der Waals surface area contributed by atoms with Crippen molar-refractivity contribution in [1.29, 1.82) is 0 Å². The van der Waals surface area contributed by atoms with Crippen LogP contribution in [-0.4, -0.2) is 45.1 Å². The summed E-state index contributed by atoms with van der Waals surface area (Å²) in [5, 5.41) is 10.1. The number of anilines is 2. The number of aromatic amines is 2. The number of rotatable bonds is 3. The Balaban J connectivity index is 1.39. The summed E-state index contributed by atoms with van der Waals surface area (Å²) in [5.74, 6) is -4.71. The highest BCUT2D eigenvalue weighted by Crippen LogP contribution is 2.31. The highest BCUT2D eigenvalue weighted by Gasteiger charge is 2.34. The van der Waals surface area contributed by atoms with E-state index in [1.165, 1.54) is 6.20 Å². The molecular weight excluding hydrogens is 416 g/mol. The summed E-state index contributed by atoms with van der Waals surface area (Å²) in [4.78, 5) is 21.7. The van der Waals surface area contributed by atoms with Gasteiger partial charge in [-0.05, 0) is 18.2 Å². The molecule has 31 heavy (non-hydrogen) atoms. The molecule has 160 valence electrons. The Kier molecular flexibility index (Phi) is 4.34. The fraction of sp³-hybridized carbons (Fsp3) is 0.250. The minimum atomic E-state index is -2.66. The number of pyridine rings is 1. The van der Waals surface area contributed by atoms with Crippen molar-refractivity contribution in [3.8, 4) is 0 Å². The Morgan fingerprint density at radius 1 is 1.10 bits per heavy atom. The summed E-state index contributed by atoms with van der Waals surface area (Å²) in [7, 11) is 0. The van der Waals surface area contributed by atoms with E-state index in [-0.39, 0.29) is 43.0 Å². The van der Waals surface area contributed by atoms with Crippen molar-refractivity contribution >= 4 is 39.3 Å². The summed E-state index contributed by atoms with van der Waals surface area (Å²) < 4.78 is 53.7. The van der Waals surface area contributed by atoms with Crippen molar-refractivity contribution in [3.05, 3.63) is 47.8 Å². The van der Waals surface area contributed by atoms with Crippen molar-refractivity contribution < 1.29 is 22.4 Å². The molecule has 1 aromatic carbocycles. The molecule has 0 unspecified atom stereocenters. The predicted molar refractivity (Wildman–Crippen MR) is 106 cm³/mol. The minimum absolute atomic E-state index is 0.135. The number of benzene rings is 1. The van der Waals surface area contributed by atoms with Crippen molar-refractivity contribution in [1.82, 2.24) is 20.2 Å². The number of hydrogen-bond acceptors (Lipinski definition) is 4. The molecule has 5 rings (SSSR count). The van der Waals surface area contributed by atoms with E-state index in [1.54, 1.807) is 17.0 Å². The van der Waals surface area contributed by atoms with Crippen LogP contribution < -0.4 is 10.2 Å². The van der Waals surface area contributed by atoms with Crippen LogP contribution in [0.2, 0.25) is 0 Å². The fourth-order valence-corrected chi connectivity index (χ4v) is 3.71. The molecular formula is C20H16F4N6O. The van der Waals surface area contributed by atoms with Crippen LogP contribution in [0.3, 0.4) is 0 Å². The largest absolute Gasteiger partial charge is 0.359 e. The Bertz CT molecular complexity index is 1300. The van der Waals surface area contributed by atoms with Crippen molar-refractivity contribution in [3.63, 3.8) is 0 Å². The minimum Gasteiger partial charge on any atom is -0.359 e. The zero-order valence-electron chi connectivity index (χ0n) is 16.0. The second-order valence-electron chi connectivity index (χ2n) is 7.45. The average molecular weight is 432 g/mol. The summed E-state index contributed by atoms with van der Waals surface area (Å²) in [6.07, 6.45) is 0.953. The van der Waals surface area contributed by atoms with Gasteiger partial charge >= 0.3 is 0 Å². The Morgan fingerprint density at radius 2 is 1.84 bits per heavy atom. The number of nitrogens with zero attached hydrogens (tertiary/aromatic N) is 3. The first-order valence-electron chi connectivity index (χ1n) is 9.56. The maximum absolute atomic E-state index is 13.6. The summed E-state index contributed by atoms with van der Waals surface area (Å²) >= 11 is 0. The Hall–Kier alpha value is -3.63. The van der Waals surface area contributed by atoms with E-state index < -0.39 is 23.5 Å². The number of carbonyl (C=O) groups excluding carboxylic acids is 1. The summed E-state index contributed by atoms with van der Waals surface area (Å²) in [6.45, 7) is 0.363. The normalized spacial score (nSPS) is 16.2. The second kappa shape index (κ2) is 6.96. The van der Waals surface area contributed by atoms with Gasteiger partial charge in [0, 0.05) is 43.6 Å². The van der Waals surface area contributed by atoms with Gasteiger partial charge in [-0.15, -0.1) is 0 Å². The third-order valence-corrected chi connectivity index (χ3v) is 5.42. The molecule has 7 nitrogen and oxygen atoms in total. The van der Waals surface area contributed by atoms with E-state index in [9.17, 15) is 22.4 Å². The highest BCUT2D eigenvalue weighted by molar-refractivity contribution is 6.13. The molecule has 0 saturated carbocycles. The molecule has 1 saturated heterocycles. The number of nitrogens with one attached hydrogen (secondary N) is 3. The number of alkyl halides is 2. The van der Waals surface area contributed by atoms with Crippen LogP contribution in [0.1, 0.15) is 23.3 Å². The monoisotopic (exact) mass is 432 g/mol. The van der Waals surface area contributed by atoms with Gasteiger partial charge in [-0.25, -0.2) is 22.5 Å². The Morgan fingerprint density at radius 3 is 2.61 bits per heavy atom. The number of H-pyrrole nitrogens is 2. The van der Waals surface area contributed by atoms with Crippen LogP contribution in [0.25, 0.3) is 21.9 Å². The topological polar surface area (TPSA) is 89.7 Å². The molecule has 1 fully saturated rings. The first-order chi connectivity index (χ1) is 14.8. The number of piperidine rings is 1. The highest BCUT2D eigenvalue weighted by atomic mass is 19.3. The van der Waals surface area contributed by atoms with Crippen molar-refractivity contribution in [2.45, 2.75) is 18.8 Å². The quantitative estimate of drug-likeness (QED) is 0.423. The summed E-state index contributed by atoms with van der Waals surface area (Å²) in [6, 6.07) is 5.31. The molecule has 0 aliphatic carbocycles. The molecule has 4 heterocycles. The maximum atomic E-state index is 13.6. The number of amides is 1. The molecule has 1 amide bonds. The maximum Gasteiger partial charge on any atom is 0.274 e. The van der Waals surface area contributed by atoms with E-state index in [2.05, 4.69) is 25.5 Å². The lowest BCUT2D eigenvalue weighted by Gasteiger charge is -2.32. The van der Waals surface area contributed by atoms with Gasteiger partial charge in [0.25, 0.3) is 11.8 Å². The average Bonchev–Trinajstić information content (AvgIpc) is 3.32. The van der Waals surface area contributed by atoms with Crippen LogP contribution in [0.15, 0.2) is 30.5 Å². The summed E-state index contributed by atoms with van der Waals surface area (Å²) in [5.41, 5.74) is 1.02. The molecule has 0 atom stereocenters. The molecule has 3 N–H and O–H groups in total. The number of hydrogen-bond donors (Lipinski definition) is 3. The van der Waals surface area contributed by atoms with Crippen LogP contribution in [0, 0.1) is 11.6 Å². The predicted octanol–water partition coefficient (Wildman–Crippen LogP) is 4.21. The smallest absolute Gasteiger partial charge is 0.274 e. The van der Waals surface area contributed by atoms with Crippen molar-refractivity contribution in [2.24, 2.45) is 0 Å². The van der Waals surface area contributed by atoms with E-state index in [0.717, 1.165) is 12.1 Å². The molecule has 4 aromatic rings. The zero-order chi connectivity index (χ0) is 21.8. The standard InChI is InChI=1S/C20H16F4N6O/c21-12-7-11-14(8-13(12)22)25-9-15(11)26-19(31)17-10-1-2-16(27-18(10)29-28-17)30-5-3-20(23,24)4-6-30/h1-2,7-9,25H,3-6H2,(H,26,31)(H,27,28,29). The molecule has 0 radical (unpaired) electrons. The SMILES string of the molecule is O=C(Nc1c[nH]c2cc(F)c(F)cc12)c1[nH]nc2nc(N3CCC(F)(F)CC3)ccc12. The van der Waals surface area contributed by atoms with E-state index in [0.29, 0.717) is 22.1 Å². The lowest BCUT2D eigenvalue weighted by Crippen LogP contribution is -2.39. The number of carbonyl (C=O) groups is 1. The first-order valence-corrected chi connectivity index (χ1v) is 9.56. The van der Waals surface area contributed by atoms with Gasteiger partial charge in [-0.1, -0.05) is 0 Å². The van der Waals surface area contributed by atoms with Gasteiger partial charge < -0.3 is 15.2 Å². The van der Waals surface area contributed by atoms with Gasteiger partial charge in [0.1, 0.15) is 11.5 Å². The van der Waals surface area contributed by atoms with Crippen LogP contribution in [0.5, 0.6) is 0 Å². The van der Waals surface area contributed by atoms with Gasteiger partial charge in [0.15, 0.2) is 17.3 Å². The van der Waals surface area contributed by atoms with Gasteiger partial charge in [-0.2, -0.15) is 5.10 Å². The van der Waals surface area contributed by atoms with Crippen LogP contribution in [-0.2, 0) is 0 Å². The number of fused-ring (bicyclic) bond motifs is 2. The van der Waals surface area contributed by atoms with E-state index in [4.69, 9.17) is 0 Å². The lowest BCUT2D eigenvalue weighted by atomic mass is 10.1. The molecule has 11 heteroatoms. The molecule has 1 aliphatic rings. The third kappa shape index (κ3) is 3.45. The van der Waals surface area contributed by atoms with E-state index >= 15 is 0 Å². The van der Waals surface area contributed by atoms with Gasteiger partial charge in [0.2, 0.25) is 0 Å². The van der Waals surface area contributed by atoms with Crippen molar-refractivity contribution in [2.75, 3.05) is 23.3 Å². The van der Waals surface area contributed by atoms with Crippen LogP contribution in [0.4, 0.5) is 29.1 Å². The molecule has 3 aromatic heterocycles. The zero-order valence-corrected chi connectivity index (χ0v) is 16.0. The van der Waals surface area contributed by atoms with Gasteiger partial charge in [-0.3, -0.25) is 9.89 Å². The molecule has 0 spiro atoms. The van der Waals surface area contributed by atoms with Crippen LogP contribution >= 0.6 is 0 Å². The Labute approximate surface area is 172 Å². The second-order valence-corrected chi connectivity index (χ2v) is 7.45. The van der Waals surface area contributed by atoms with E-state index in [1.807, 2.05) is 0 Å². The third-order valence-electron chi connectivity index (χ3n) is 5.42. The van der Waals surface area contributed by atoms with Gasteiger partial charge in [0.05, 0.1) is 16.6 Å².